The second-order valence-electron chi connectivity index (χ2n) is 3.74. The first-order chi connectivity index (χ1) is 8.33. The first-order valence-electron chi connectivity index (χ1n) is 5.53. The molecular weight excluding hydrogens is 216 g/mol. The SMILES string of the molecule is CNCc1cnc(Cc2ccccc2OC)o1. The molecule has 17 heavy (non-hydrogen) atoms. The molecule has 4 nitrogen and oxygen atoms in total. The Morgan fingerprint density at radius 3 is 2.94 bits per heavy atom. The lowest BCUT2D eigenvalue weighted by molar-refractivity contribution is 0.406. The normalized spacial score (nSPS) is 10.5. The summed E-state index contributed by atoms with van der Waals surface area (Å²) in [6.45, 7) is 0.693. The van der Waals surface area contributed by atoms with E-state index in [2.05, 4.69) is 10.3 Å². The Balaban J connectivity index is 2.13. The zero-order valence-electron chi connectivity index (χ0n) is 10.1. The van der Waals surface area contributed by atoms with Crippen LogP contribution in [0.2, 0.25) is 0 Å². The van der Waals surface area contributed by atoms with Gasteiger partial charge in [0.05, 0.1) is 26.3 Å². The molecule has 0 spiro atoms. The second kappa shape index (κ2) is 5.50. The highest BCUT2D eigenvalue weighted by Crippen LogP contribution is 2.20. The number of nitrogens with one attached hydrogen (secondary N) is 1. The highest BCUT2D eigenvalue weighted by molar-refractivity contribution is 5.34. The van der Waals surface area contributed by atoms with Crippen molar-refractivity contribution in [3.63, 3.8) is 0 Å². The molecule has 0 atom stereocenters. The molecule has 0 unspecified atom stereocenters. The van der Waals surface area contributed by atoms with E-state index < -0.39 is 0 Å². The molecule has 0 saturated heterocycles. The molecule has 0 aliphatic carbocycles. The van der Waals surface area contributed by atoms with E-state index in [9.17, 15) is 0 Å². The van der Waals surface area contributed by atoms with E-state index in [-0.39, 0.29) is 0 Å². The maximum Gasteiger partial charge on any atom is 0.198 e. The van der Waals surface area contributed by atoms with E-state index in [1.54, 1.807) is 13.3 Å². The summed E-state index contributed by atoms with van der Waals surface area (Å²) in [5, 5.41) is 3.03. The van der Waals surface area contributed by atoms with Gasteiger partial charge in [0, 0.05) is 5.56 Å². The fourth-order valence-corrected chi connectivity index (χ4v) is 1.70. The second-order valence-corrected chi connectivity index (χ2v) is 3.74. The quantitative estimate of drug-likeness (QED) is 0.856. The average molecular weight is 232 g/mol. The third kappa shape index (κ3) is 2.85. The number of ether oxygens (including phenoxy) is 1. The Morgan fingerprint density at radius 1 is 1.35 bits per heavy atom. The van der Waals surface area contributed by atoms with Gasteiger partial charge in [-0.2, -0.15) is 0 Å². The van der Waals surface area contributed by atoms with Crippen molar-refractivity contribution in [2.45, 2.75) is 13.0 Å². The number of aromatic nitrogens is 1. The van der Waals surface area contributed by atoms with Crippen LogP contribution in [0, 0.1) is 0 Å². The number of rotatable bonds is 5. The summed E-state index contributed by atoms with van der Waals surface area (Å²) < 4.78 is 10.9. The van der Waals surface area contributed by atoms with Crippen LogP contribution in [0.3, 0.4) is 0 Å². The van der Waals surface area contributed by atoms with Crippen LogP contribution >= 0.6 is 0 Å². The minimum absolute atomic E-state index is 0.647. The van der Waals surface area contributed by atoms with E-state index in [0.717, 1.165) is 17.1 Å². The van der Waals surface area contributed by atoms with E-state index >= 15 is 0 Å². The van der Waals surface area contributed by atoms with Crippen LogP contribution in [-0.4, -0.2) is 19.1 Å². The molecule has 4 heteroatoms. The largest absolute Gasteiger partial charge is 0.496 e. The van der Waals surface area contributed by atoms with Gasteiger partial charge >= 0.3 is 0 Å². The Bertz CT molecular complexity index is 480. The first kappa shape index (κ1) is 11.7. The lowest BCUT2D eigenvalue weighted by Gasteiger charge is -2.05. The molecule has 1 aromatic carbocycles. The van der Waals surface area contributed by atoms with Crippen molar-refractivity contribution in [1.82, 2.24) is 10.3 Å². The van der Waals surface area contributed by atoms with Gasteiger partial charge in [-0.3, -0.25) is 0 Å². The number of methoxy groups -OCH3 is 1. The number of para-hydroxylation sites is 1. The number of nitrogens with zero attached hydrogens (tertiary/aromatic N) is 1. The lowest BCUT2D eigenvalue weighted by atomic mass is 10.1. The van der Waals surface area contributed by atoms with E-state index in [0.29, 0.717) is 18.9 Å². The summed E-state index contributed by atoms with van der Waals surface area (Å²) in [7, 11) is 3.54. The third-order valence-electron chi connectivity index (χ3n) is 2.49. The maximum atomic E-state index is 5.60. The fraction of sp³-hybridized carbons (Fsp3) is 0.308. The van der Waals surface area contributed by atoms with Crippen molar-refractivity contribution in [3.05, 3.63) is 47.7 Å². The zero-order chi connectivity index (χ0) is 12.1. The Labute approximate surface area is 101 Å². The number of hydrogen-bond donors (Lipinski definition) is 1. The number of hydrogen-bond acceptors (Lipinski definition) is 4. The van der Waals surface area contributed by atoms with Gasteiger partial charge in [0.2, 0.25) is 0 Å². The van der Waals surface area contributed by atoms with Crippen molar-refractivity contribution < 1.29 is 9.15 Å². The highest BCUT2D eigenvalue weighted by atomic mass is 16.5. The molecule has 1 heterocycles. The minimum Gasteiger partial charge on any atom is -0.496 e. The minimum atomic E-state index is 0.647. The maximum absolute atomic E-state index is 5.60. The molecule has 1 N–H and O–H groups in total. The summed E-state index contributed by atoms with van der Waals surface area (Å²) in [4.78, 5) is 4.24. The summed E-state index contributed by atoms with van der Waals surface area (Å²) in [6, 6.07) is 7.88. The fourth-order valence-electron chi connectivity index (χ4n) is 1.70. The van der Waals surface area contributed by atoms with Gasteiger partial charge in [0.25, 0.3) is 0 Å². The summed E-state index contributed by atoms with van der Waals surface area (Å²) in [5.74, 6) is 2.41. The van der Waals surface area contributed by atoms with E-state index in [4.69, 9.17) is 9.15 Å². The van der Waals surface area contributed by atoms with Crippen LogP contribution in [0.5, 0.6) is 5.75 Å². The molecular formula is C13H16N2O2. The average Bonchev–Trinajstić information content (AvgIpc) is 2.78. The van der Waals surface area contributed by atoms with Crippen LogP contribution in [0.25, 0.3) is 0 Å². The smallest absolute Gasteiger partial charge is 0.198 e. The van der Waals surface area contributed by atoms with Crippen LogP contribution in [0.4, 0.5) is 0 Å². The molecule has 0 aliphatic rings. The molecule has 0 amide bonds. The Morgan fingerprint density at radius 2 is 2.18 bits per heavy atom. The van der Waals surface area contributed by atoms with Gasteiger partial charge in [-0.05, 0) is 13.1 Å². The van der Waals surface area contributed by atoms with Crippen LogP contribution in [0.15, 0.2) is 34.9 Å². The zero-order valence-corrected chi connectivity index (χ0v) is 10.1. The Kier molecular flexibility index (Phi) is 3.77. The van der Waals surface area contributed by atoms with Crippen molar-refractivity contribution in [2.75, 3.05) is 14.2 Å². The molecule has 90 valence electrons. The molecule has 2 rings (SSSR count). The van der Waals surface area contributed by atoms with Crippen molar-refractivity contribution in [3.8, 4) is 5.75 Å². The molecule has 0 bridgehead atoms. The molecule has 2 aromatic rings. The molecule has 0 aliphatic heterocycles. The predicted octanol–water partition coefficient (Wildman–Crippen LogP) is 1.99. The molecule has 0 fully saturated rings. The van der Waals surface area contributed by atoms with Crippen LogP contribution in [0.1, 0.15) is 17.2 Å². The van der Waals surface area contributed by atoms with E-state index in [1.807, 2.05) is 31.3 Å². The van der Waals surface area contributed by atoms with E-state index in [1.165, 1.54) is 0 Å². The first-order valence-corrected chi connectivity index (χ1v) is 5.53. The van der Waals surface area contributed by atoms with Gasteiger partial charge in [-0.1, -0.05) is 18.2 Å². The van der Waals surface area contributed by atoms with Crippen molar-refractivity contribution >= 4 is 0 Å². The summed E-state index contributed by atoms with van der Waals surface area (Å²) in [5.41, 5.74) is 1.08. The van der Waals surface area contributed by atoms with Gasteiger partial charge in [0.1, 0.15) is 11.5 Å². The Hall–Kier alpha value is -1.81. The summed E-state index contributed by atoms with van der Waals surface area (Å²) >= 11 is 0. The lowest BCUT2D eigenvalue weighted by Crippen LogP contribution is -2.03. The number of benzene rings is 1. The molecule has 1 aromatic heterocycles. The van der Waals surface area contributed by atoms with Gasteiger partial charge < -0.3 is 14.5 Å². The summed E-state index contributed by atoms with van der Waals surface area (Å²) in [6.07, 6.45) is 2.40. The van der Waals surface area contributed by atoms with Gasteiger partial charge in [-0.25, -0.2) is 4.98 Å². The topological polar surface area (TPSA) is 47.3 Å². The molecule has 0 radical (unpaired) electrons. The number of oxazole rings is 1. The van der Waals surface area contributed by atoms with Crippen molar-refractivity contribution in [1.29, 1.82) is 0 Å². The predicted molar refractivity (Wildman–Crippen MR) is 65.1 cm³/mol. The monoisotopic (exact) mass is 232 g/mol. The van der Waals surface area contributed by atoms with Crippen LogP contribution < -0.4 is 10.1 Å². The van der Waals surface area contributed by atoms with Crippen molar-refractivity contribution in [2.24, 2.45) is 0 Å². The highest BCUT2D eigenvalue weighted by Gasteiger charge is 2.08. The third-order valence-corrected chi connectivity index (χ3v) is 2.49. The van der Waals surface area contributed by atoms with Crippen LogP contribution in [-0.2, 0) is 13.0 Å². The molecule has 0 saturated carbocycles. The van der Waals surface area contributed by atoms with Gasteiger partial charge in [0.15, 0.2) is 5.89 Å². The standard InChI is InChI=1S/C13H16N2O2/c1-14-8-11-9-15-13(17-11)7-10-5-3-4-6-12(10)16-2/h3-6,9,14H,7-8H2,1-2H3. The van der Waals surface area contributed by atoms with Gasteiger partial charge in [-0.15, -0.1) is 0 Å².